The molecule has 1 spiro atoms. The highest BCUT2D eigenvalue weighted by atomic mass is 35.5. The highest BCUT2D eigenvalue weighted by Crippen LogP contribution is 2.34. The highest BCUT2D eigenvalue weighted by molar-refractivity contribution is 5.85. The van der Waals surface area contributed by atoms with Crippen LogP contribution >= 0.6 is 12.4 Å². The van der Waals surface area contributed by atoms with Crippen LogP contribution in [0.1, 0.15) is 32.1 Å². The Bertz CT molecular complexity index is 345. The lowest BCUT2D eigenvalue weighted by molar-refractivity contribution is -0.125. The minimum Gasteiger partial charge on any atom is -0.373 e. The van der Waals surface area contributed by atoms with E-state index in [0.717, 1.165) is 45.2 Å². The van der Waals surface area contributed by atoms with Crippen molar-refractivity contribution < 1.29 is 9.53 Å². The molecule has 108 valence electrons. The van der Waals surface area contributed by atoms with Crippen molar-refractivity contribution in [3.63, 3.8) is 0 Å². The van der Waals surface area contributed by atoms with Gasteiger partial charge >= 0.3 is 0 Å². The second kappa shape index (κ2) is 6.25. The van der Waals surface area contributed by atoms with Crippen LogP contribution < -0.4 is 10.6 Å². The summed E-state index contributed by atoms with van der Waals surface area (Å²) in [7, 11) is 0. The molecule has 0 aromatic rings. The van der Waals surface area contributed by atoms with Gasteiger partial charge in [-0.25, -0.2) is 0 Å². The van der Waals surface area contributed by atoms with E-state index in [2.05, 4.69) is 22.8 Å². The zero-order chi connectivity index (χ0) is 12.4. The molecule has 2 heterocycles. The van der Waals surface area contributed by atoms with Crippen LogP contribution in [0.3, 0.4) is 0 Å². The molecular formula is C14H23ClN2O2. The third-order valence-corrected chi connectivity index (χ3v) is 4.45. The van der Waals surface area contributed by atoms with Crippen LogP contribution in [0.4, 0.5) is 0 Å². The first kappa shape index (κ1) is 14.8. The van der Waals surface area contributed by atoms with Crippen molar-refractivity contribution in [2.24, 2.45) is 5.92 Å². The lowest BCUT2D eigenvalue weighted by Gasteiger charge is -2.32. The molecule has 5 heteroatoms. The van der Waals surface area contributed by atoms with E-state index in [0.29, 0.717) is 6.61 Å². The summed E-state index contributed by atoms with van der Waals surface area (Å²) in [6.07, 6.45) is 9.13. The predicted octanol–water partition coefficient (Wildman–Crippen LogP) is 1.40. The summed E-state index contributed by atoms with van der Waals surface area (Å²) in [4.78, 5) is 12.1. The van der Waals surface area contributed by atoms with E-state index in [1.54, 1.807) is 0 Å². The van der Waals surface area contributed by atoms with Crippen LogP contribution in [0, 0.1) is 5.92 Å². The zero-order valence-corrected chi connectivity index (χ0v) is 12.0. The Balaban J connectivity index is 0.00000133. The molecule has 1 unspecified atom stereocenters. The van der Waals surface area contributed by atoms with E-state index >= 15 is 0 Å². The zero-order valence-electron chi connectivity index (χ0n) is 11.2. The summed E-state index contributed by atoms with van der Waals surface area (Å²) in [6.45, 7) is 2.76. The molecule has 3 rings (SSSR count). The number of allylic oxidation sites excluding steroid dienone is 2. The molecular weight excluding hydrogens is 264 g/mol. The topological polar surface area (TPSA) is 50.4 Å². The minimum atomic E-state index is 0. The van der Waals surface area contributed by atoms with E-state index in [9.17, 15) is 4.79 Å². The number of amides is 1. The van der Waals surface area contributed by atoms with Gasteiger partial charge in [0.1, 0.15) is 0 Å². The van der Waals surface area contributed by atoms with Crippen molar-refractivity contribution >= 4 is 18.3 Å². The monoisotopic (exact) mass is 286 g/mol. The second-order valence-electron chi connectivity index (χ2n) is 5.79. The molecule has 3 aliphatic rings. The molecule has 2 fully saturated rings. The fraction of sp³-hybridized carbons (Fsp3) is 0.786. The molecule has 0 aromatic carbocycles. The Hall–Kier alpha value is -0.580. The third kappa shape index (κ3) is 3.30. The number of carbonyl (C=O) groups excluding carboxylic acids is 1. The number of ether oxygens (including phenoxy) is 1. The molecule has 2 aliphatic heterocycles. The summed E-state index contributed by atoms with van der Waals surface area (Å²) >= 11 is 0. The van der Waals surface area contributed by atoms with Gasteiger partial charge < -0.3 is 15.4 Å². The normalized spacial score (nSPS) is 29.4. The quantitative estimate of drug-likeness (QED) is 0.755. The van der Waals surface area contributed by atoms with E-state index in [-0.39, 0.29) is 35.9 Å². The maximum Gasteiger partial charge on any atom is 0.224 e. The van der Waals surface area contributed by atoms with Gasteiger partial charge in [-0.1, -0.05) is 12.2 Å². The molecule has 1 atom stereocenters. The fourth-order valence-electron chi connectivity index (χ4n) is 3.32. The second-order valence-corrected chi connectivity index (χ2v) is 5.79. The lowest BCUT2D eigenvalue weighted by atomic mass is 9.88. The molecule has 0 bridgehead atoms. The van der Waals surface area contributed by atoms with Crippen LogP contribution in [0.5, 0.6) is 0 Å². The first-order valence-corrected chi connectivity index (χ1v) is 7.07. The smallest absolute Gasteiger partial charge is 0.224 e. The Morgan fingerprint density at radius 2 is 1.95 bits per heavy atom. The van der Waals surface area contributed by atoms with Gasteiger partial charge in [-0.2, -0.15) is 0 Å². The van der Waals surface area contributed by atoms with E-state index in [1.807, 2.05) is 0 Å². The summed E-state index contributed by atoms with van der Waals surface area (Å²) in [5.74, 6) is 0.370. The molecule has 2 N–H and O–H groups in total. The van der Waals surface area contributed by atoms with Crippen LogP contribution in [-0.4, -0.2) is 37.2 Å². The maximum absolute atomic E-state index is 12.1. The van der Waals surface area contributed by atoms with Gasteiger partial charge in [0.05, 0.1) is 18.2 Å². The summed E-state index contributed by atoms with van der Waals surface area (Å²) in [5.41, 5.74) is 0.0388. The number of rotatable bonds is 2. The van der Waals surface area contributed by atoms with Gasteiger partial charge in [0.2, 0.25) is 5.91 Å². The Kier molecular flexibility index (Phi) is 4.87. The number of nitrogens with one attached hydrogen (secondary N) is 2. The number of carbonyl (C=O) groups is 1. The Morgan fingerprint density at radius 3 is 2.63 bits per heavy atom. The summed E-state index contributed by atoms with van der Waals surface area (Å²) in [6, 6.07) is 0.219. The highest BCUT2D eigenvalue weighted by Gasteiger charge is 2.41. The van der Waals surface area contributed by atoms with Crippen molar-refractivity contribution in [2.75, 3.05) is 19.7 Å². The summed E-state index contributed by atoms with van der Waals surface area (Å²) in [5, 5.41) is 6.53. The number of hydrogen-bond acceptors (Lipinski definition) is 3. The standard InChI is InChI=1S/C14H22N2O2.ClH/c17-13(11-3-1-2-4-11)16-12-9-14(18-10-12)5-7-15-8-6-14;/h1-2,11-12,15H,3-10H2,(H,16,17);1H. The van der Waals surface area contributed by atoms with Crippen molar-refractivity contribution in [3.05, 3.63) is 12.2 Å². The molecule has 2 saturated heterocycles. The SMILES string of the molecule is Cl.O=C(NC1COC2(CCNCC2)C1)C1CC=CC1. The Morgan fingerprint density at radius 1 is 1.26 bits per heavy atom. The number of halogens is 1. The molecule has 0 aromatic heterocycles. The van der Waals surface area contributed by atoms with Crippen molar-refractivity contribution in [1.29, 1.82) is 0 Å². The van der Waals surface area contributed by atoms with Crippen LogP contribution in [0.2, 0.25) is 0 Å². The average molecular weight is 287 g/mol. The molecule has 0 radical (unpaired) electrons. The molecule has 0 saturated carbocycles. The first-order valence-electron chi connectivity index (χ1n) is 7.07. The van der Waals surface area contributed by atoms with Crippen molar-refractivity contribution in [3.8, 4) is 0 Å². The van der Waals surface area contributed by atoms with E-state index in [4.69, 9.17) is 4.74 Å². The van der Waals surface area contributed by atoms with Crippen LogP contribution in [-0.2, 0) is 9.53 Å². The largest absolute Gasteiger partial charge is 0.373 e. The minimum absolute atomic E-state index is 0. The fourth-order valence-corrected chi connectivity index (χ4v) is 3.32. The summed E-state index contributed by atoms with van der Waals surface area (Å²) < 4.78 is 5.99. The molecule has 1 amide bonds. The van der Waals surface area contributed by atoms with Crippen LogP contribution in [0.15, 0.2) is 12.2 Å². The van der Waals surface area contributed by atoms with Gasteiger partial charge in [-0.05, 0) is 45.2 Å². The van der Waals surface area contributed by atoms with Crippen molar-refractivity contribution in [2.45, 2.75) is 43.7 Å². The Labute approximate surface area is 120 Å². The average Bonchev–Trinajstić information content (AvgIpc) is 3.01. The molecule has 4 nitrogen and oxygen atoms in total. The lowest BCUT2D eigenvalue weighted by Crippen LogP contribution is -2.43. The van der Waals surface area contributed by atoms with Gasteiger partial charge in [0.25, 0.3) is 0 Å². The van der Waals surface area contributed by atoms with Crippen LogP contribution in [0.25, 0.3) is 0 Å². The predicted molar refractivity (Wildman–Crippen MR) is 76.4 cm³/mol. The molecule has 1 aliphatic carbocycles. The molecule has 19 heavy (non-hydrogen) atoms. The van der Waals surface area contributed by atoms with E-state index < -0.39 is 0 Å². The van der Waals surface area contributed by atoms with Gasteiger partial charge in [-0.15, -0.1) is 12.4 Å². The number of hydrogen-bond donors (Lipinski definition) is 2. The number of piperidine rings is 1. The first-order chi connectivity index (χ1) is 8.77. The third-order valence-electron chi connectivity index (χ3n) is 4.45. The van der Waals surface area contributed by atoms with Gasteiger partial charge in [0, 0.05) is 5.92 Å². The van der Waals surface area contributed by atoms with E-state index in [1.165, 1.54) is 0 Å². The van der Waals surface area contributed by atoms with Crippen molar-refractivity contribution in [1.82, 2.24) is 10.6 Å². The van der Waals surface area contributed by atoms with Gasteiger partial charge in [-0.3, -0.25) is 4.79 Å². The maximum atomic E-state index is 12.1. The van der Waals surface area contributed by atoms with Gasteiger partial charge in [0.15, 0.2) is 0 Å².